The van der Waals surface area contributed by atoms with Crippen LogP contribution in [-0.2, 0) is 0 Å². The number of anilines is 1. The minimum absolute atomic E-state index is 0.0707. The highest BCUT2D eigenvalue weighted by atomic mass is 79.9. The van der Waals surface area contributed by atoms with Gasteiger partial charge in [0.2, 0.25) is 0 Å². The van der Waals surface area contributed by atoms with Crippen molar-refractivity contribution in [1.29, 1.82) is 0 Å². The van der Waals surface area contributed by atoms with E-state index in [-0.39, 0.29) is 6.61 Å². The Balaban J connectivity index is 3.03. The first-order valence-corrected chi connectivity index (χ1v) is 5.05. The standard InChI is InChI=1S/C10H12BrNO2/c1-12(4-5-13)10-6-9(11)3-2-8(10)7-14/h2-3,6-7,13H,4-5H2,1H3. The van der Waals surface area contributed by atoms with Crippen LogP contribution in [0.3, 0.4) is 0 Å². The van der Waals surface area contributed by atoms with Gasteiger partial charge < -0.3 is 10.0 Å². The fourth-order valence-corrected chi connectivity index (χ4v) is 1.57. The number of aliphatic hydroxyl groups excluding tert-OH is 1. The molecule has 0 atom stereocenters. The molecule has 0 unspecified atom stereocenters. The fraction of sp³-hybridized carbons (Fsp3) is 0.300. The Morgan fingerprint density at radius 3 is 2.86 bits per heavy atom. The van der Waals surface area contributed by atoms with E-state index in [1.807, 2.05) is 24.1 Å². The third-order valence-electron chi connectivity index (χ3n) is 1.97. The third-order valence-corrected chi connectivity index (χ3v) is 2.46. The van der Waals surface area contributed by atoms with E-state index in [1.165, 1.54) is 0 Å². The molecule has 1 rings (SSSR count). The molecule has 1 aromatic carbocycles. The van der Waals surface area contributed by atoms with Crippen LogP contribution in [0.5, 0.6) is 0 Å². The zero-order valence-electron chi connectivity index (χ0n) is 7.90. The highest BCUT2D eigenvalue weighted by Gasteiger charge is 2.06. The summed E-state index contributed by atoms with van der Waals surface area (Å²) in [4.78, 5) is 12.6. The van der Waals surface area contributed by atoms with E-state index in [4.69, 9.17) is 5.11 Å². The Kier molecular flexibility index (Phi) is 4.10. The zero-order valence-corrected chi connectivity index (χ0v) is 9.49. The Hall–Kier alpha value is -0.870. The van der Waals surface area contributed by atoms with Crippen molar-refractivity contribution < 1.29 is 9.90 Å². The molecule has 0 aliphatic carbocycles. The lowest BCUT2D eigenvalue weighted by atomic mass is 10.2. The van der Waals surface area contributed by atoms with Gasteiger partial charge in [-0.05, 0) is 18.2 Å². The number of hydrogen-bond donors (Lipinski definition) is 1. The van der Waals surface area contributed by atoms with Gasteiger partial charge in [0.1, 0.15) is 0 Å². The normalized spacial score (nSPS) is 9.93. The van der Waals surface area contributed by atoms with Crippen LogP contribution < -0.4 is 4.90 Å². The smallest absolute Gasteiger partial charge is 0.152 e. The number of rotatable bonds is 4. The van der Waals surface area contributed by atoms with Gasteiger partial charge in [-0.3, -0.25) is 4.79 Å². The summed E-state index contributed by atoms with van der Waals surface area (Å²) in [5, 5.41) is 8.79. The SMILES string of the molecule is CN(CCO)c1cc(Br)ccc1C=O. The summed E-state index contributed by atoms with van der Waals surface area (Å²) in [6, 6.07) is 5.43. The van der Waals surface area contributed by atoms with E-state index in [2.05, 4.69) is 15.9 Å². The van der Waals surface area contributed by atoms with Gasteiger partial charge in [-0.25, -0.2) is 0 Å². The molecule has 1 N–H and O–H groups in total. The van der Waals surface area contributed by atoms with Crippen molar-refractivity contribution in [3.63, 3.8) is 0 Å². The van der Waals surface area contributed by atoms with E-state index in [0.717, 1.165) is 16.4 Å². The lowest BCUT2D eigenvalue weighted by molar-refractivity contribution is 0.112. The average molecular weight is 258 g/mol. The number of likely N-dealkylation sites (N-methyl/N-ethyl adjacent to an activating group) is 1. The molecule has 0 amide bonds. The maximum absolute atomic E-state index is 10.7. The Labute approximate surface area is 91.5 Å². The van der Waals surface area contributed by atoms with Crippen LogP contribution in [-0.4, -0.2) is 31.6 Å². The Morgan fingerprint density at radius 1 is 1.57 bits per heavy atom. The quantitative estimate of drug-likeness (QED) is 0.835. The molecule has 3 nitrogen and oxygen atoms in total. The third kappa shape index (κ3) is 2.56. The molecule has 0 spiro atoms. The van der Waals surface area contributed by atoms with Crippen molar-refractivity contribution in [3.8, 4) is 0 Å². The lowest BCUT2D eigenvalue weighted by Crippen LogP contribution is -2.22. The van der Waals surface area contributed by atoms with Crippen molar-refractivity contribution >= 4 is 27.9 Å². The number of benzene rings is 1. The predicted octanol–water partition coefficient (Wildman–Crippen LogP) is 1.69. The molecule has 0 aliphatic heterocycles. The maximum Gasteiger partial charge on any atom is 0.152 e. The van der Waals surface area contributed by atoms with Crippen molar-refractivity contribution in [2.75, 3.05) is 25.1 Å². The van der Waals surface area contributed by atoms with E-state index < -0.39 is 0 Å². The molecule has 14 heavy (non-hydrogen) atoms. The lowest BCUT2D eigenvalue weighted by Gasteiger charge is -2.19. The van der Waals surface area contributed by atoms with Gasteiger partial charge in [-0.2, -0.15) is 0 Å². The summed E-state index contributed by atoms with van der Waals surface area (Å²) in [6.45, 7) is 0.582. The summed E-state index contributed by atoms with van der Waals surface area (Å²) < 4.78 is 0.919. The maximum atomic E-state index is 10.7. The second-order valence-electron chi connectivity index (χ2n) is 2.97. The van der Waals surface area contributed by atoms with Crippen LogP contribution in [0, 0.1) is 0 Å². The second kappa shape index (κ2) is 5.12. The number of carbonyl (C=O) groups excluding carboxylic acids is 1. The van der Waals surface area contributed by atoms with Crippen LogP contribution in [0.15, 0.2) is 22.7 Å². The van der Waals surface area contributed by atoms with Gasteiger partial charge in [-0.15, -0.1) is 0 Å². The molecule has 0 heterocycles. The monoisotopic (exact) mass is 257 g/mol. The van der Waals surface area contributed by atoms with Gasteiger partial charge in [0, 0.05) is 29.3 Å². The first-order chi connectivity index (χ1) is 6.69. The second-order valence-corrected chi connectivity index (χ2v) is 3.88. The van der Waals surface area contributed by atoms with Crippen LogP contribution >= 0.6 is 15.9 Å². The number of carbonyl (C=O) groups is 1. The highest BCUT2D eigenvalue weighted by Crippen LogP contribution is 2.22. The summed E-state index contributed by atoms with van der Waals surface area (Å²) >= 11 is 3.34. The highest BCUT2D eigenvalue weighted by molar-refractivity contribution is 9.10. The van der Waals surface area contributed by atoms with Crippen LogP contribution in [0.4, 0.5) is 5.69 Å². The summed E-state index contributed by atoms with van der Waals surface area (Å²) in [6.07, 6.45) is 0.815. The largest absolute Gasteiger partial charge is 0.395 e. The van der Waals surface area contributed by atoms with Crippen molar-refractivity contribution in [1.82, 2.24) is 0 Å². The van der Waals surface area contributed by atoms with Crippen LogP contribution in [0.2, 0.25) is 0 Å². The number of halogens is 1. The molecule has 76 valence electrons. The average Bonchev–Trinajstić information content (AvgIpc) is 2.18. The van der Waals surface area contributed by atoms with Gasteiger partial charge in [0.05, 0.1) is 6.61 Å². The Bertz CT molecular complexity index is 328. The fourth-order valence-electron chi connectivity index (χ4n) is 1.22. The molecule has 0 radical (unpaired) electrons. The molecule has 0 bridgehead atoms. The number of aldehydes is 1. The van der Waals surface area contributed by atoms with E-state index >= 15 is 0 Å². The van der Waals surface area contributed by atoms with Gasteiger partial charge in [0.25, 0.3) is 0 Å². The minimum atomic E-state index is 0.0707. The van der Waals surface area contributed by atoms with E-state index in [1.54, 1.807) is 6.07 Å². The molecule has 0 fully saturated rings. The van der Waals surface area contributed by atoms with Gasteiger partial charge in [-0.1, -0.05) is 15.9 Å². The topological polar surface area (TPSA) is 40.5 Å². The van der Waals surface area contributed by atoms with Crippen LogP contribution in [0.1, 0.15) is 10.4 Å². The van der Waals surface area contributed by atoms with Crippen molar-refractivity contribution in [2.45, 2.75) is 0 Å². The van der Waals surface area contributed by atoms with Gasteiger partial charge in [0.15, 0.2) is 6.29 Å². The molecule has 0 saturated carbocycles. The molecular weight excluding hydrogens is 246 g/mol. The zero-order chi connectivity index (χ0) is 10.6. The van der Waals surface area contributed by atoms with Crippen molar-refractivity contribution in [2.24, 2.45) is 0 Å². The first kappa shape index (κ1) is 11.2. The predicted molar refractivity (Wildman–Crippen MR) is 59.9 cm³/mol. The van der Waals surface area contributed by atoms with E-state index in [0.29, 0.717) is 12.1 Å². The van der Waals surface area contributed by atoms with Gasteiger partial charge >= 0.3 is 0 Å². The van der Waals surface area contributed by atoms with E-state index in [9.17, 15) is 4.79 Å². The Morgan fingerprint density at radius 2 is 2.29 bits per heavy atom. The summed E-state index contributed by atoms with van der Waals surface area (Å²) in [5.74, 6) is 0. The molecule has 0 aromatic heterocycles. The molecule has 1 aromatic rings. The summed E-state index contributed by atoms with van der Waals surface area (Å²) in [7, 11) is 1.84. The van der Waals surface area contributed by atoms with Crippen molar-refractivity contribution in [3.05, 3.63) is 28.2 Å². The number of hydrogen-bond acceptors (Lipinski definition) is 3. The van der Waals surface area contributed by atoms with Crippen LogP contribution in [0.25, 0.3) is 0 Å². The number of aliphatic hydroxyl groups is 1. The molecular formula is C10H12BrNO2. The minimum Gasteiger partial charge on any atom is -0.395 e. The number of nitrogens with zero attached hydrogens (tertiary/aromatic N) is 1. The molecule has 0 saturated heterocycles. The molecule has 4 heteroatoms. The summed E-state index contributed by atoms with van der Waals surface area (Å²) in [5.41, 5.74) is 1.45. The molecule has 0 aliphatic rings. The first-order valence-electron chi connectivity index (χ1n) is 4.25.